The summed E-state index contributed by atoms with van der Waals surface area (Å²) < 4.78 is 1.13. The second-order valence-corrected chi connectivity index (χ2v) is 5.25. The first-order chi connectivity index (χ1) is 7.75. The first-order valence-electron chi connectivity index (χ1n) is 5.55. The Bertz CT molecular complexity index is 375. The second kappa shape index (κ2) is 5.63. The van der Waals surface area contributed by atoms with Crippen LogP contribution in [0.5, 0.6) is 0 Å². The van der Waals surface area contributed by atoms with E-state index >= 15 is 0 Å². The molecule has 2 rings (SSSR count). The Labute approximate surface area is 109 Å². The highest BCUT2D eigenvalue weighted by Crippen LogP contribution is 2.14. The van der Waals surface area contributed by atoms with E-state index in [9.17, 15) is 4.79 Å². The number of amides is 1. The summed E-state index contributed by atoms with van der Waals surface area (Å²) in [5.74, 6) is 0.0849. The van der Waals surface area contributed by atoms with Crippen molar-refractivity contribution in [3.63, 3.8) is 0 Å². The van der Waals surface area contributed by atoms with Gasteiger partial charge in [0.2, 0.25) is 5.91 Å². The van der Waals surface area contributed by atoms with Gasteiger partial charge in [-0.3, -0.25) is 4.79 Å². The fourth-order valence-electron chi connectivity index (χ4n) is 1.87. The molecule has 1 aromatic rings. The molecule has 1 atom stereocenters. The molecule has 1 aliphatic rings. The molecular formula is C12H15IN2O. The predicted molar refractivity (Wildman–Crippen MR) is 73.4 cm³/mol. The van der Waals surface area contributed by atoms with E-state index in [1.54, 1.807) is 0 Å². The fourth-order valence-corrected chi connectivity index (χ4v) is 2.41. The van der Waals surface area contributed by atoms with Gasteiger partial charge in [-0.2, -0.15) is 0 Å². The lowest BCUT2D eigenvalue weighted by atomic mass is 10.0. The highest BCUT2D eigenvalue weighted by Gasteiger charge is 2.20. The summed E-state index contributed by atoms with van der Waals surface area (Å²) in [4.78, 5) is 11.9. The van der Waals surface area contributed by atoms with Crippen LogP contribution >= 0.6 is 22.6 Å². The molecule has 0 saturated carbocycles. The average molecular weight is 330 g/mol. The molecule has 1 saturated heterocycles. The maximum absolute atomic E-state index is 11.9. The molecule has 0 bridgehead atoms. The lowest BCUT2D eigenvalue weighted by Gasteiger charge is -2.22. The molecule has 0 aromatic heterocycles. The summed E-state index contributed by atoms with van der Waals surface area (Å²) in [6, 6.07) is 7.83. The average Bonchev–Trinajstić information content (AvgIpc) is 2.30. The maximum Gasteiger partial charge on any atom is 0.241 e. The van der Waals surface area contributed by atoms with Gasteiger partial charge in [-0.05, 0) is 60.2 Å². The molecule has 0 radical (unpaired) electrons. The standard InChI is InChI=1S/C12H15IN2O/c13-9-4-3-5-10(8-9)15-12(16)11-6-1-2-7-14-11/h3-5,8,11,14H,1-2,6-7H2,(H,15,16)/t11-/m0/s1. The lowest BCUT2D eigenvalue weighted by Crippen LogP contribution is -2.43. The molecule has 1 heterocycles. The first-order valence-corrected chi connectivity index (χ1v) is 6.63. The molecule has 0 aliphatic carbocycles. The van der Waals surface area contributed by atoms with Crippen LogP contribution in [0.25, 0.3) is 0 Å². The van der Waals surface area contributed by atoms with Crippen LogP contribution in [0, 0.1) is 3.57 Å². The number of carbonyl (C=O) groups is 1. The number of benzene rings is 1. The summed E-state index contributed by atoms with van der Waals surface area (Å²) in [5.41, 5.74) is 0.879. The number of hydrogen-bond acceptors (Lipinski definition) is 2. The summed E-state index contributed by atoms with van der Waals surface area (Å²) >= 11 is 2.24. The highest BCUT2D eigenvalue weighted by molar-refractivity contribution is 14.1. The Kier molecular flexibility index (Phi) is 4.17. The van der Waals surface area contributed by atoms with E-state index in [-0.39, 0.29) is 11.9 Å². The summed E-state index contributed by atoms with van der Waals surface area (Å²) in [6.45, 7) is 0.949. The summed E-state index contributed by atoms with van der Waals surface area (Å²) in [7, 11) is 0. The molecule has 86 valence electrons. The smallest absolute Gasteiger partial charge is 0.241 e. The molecule has 2 N–H and O–H groups in total. The van der Waals surface area contributed by atoms with E-state index in [0.717, 1.165) is 28.6 Å². The Morgan fingerprint density at radius 3 is 3.00 bits per heavy atom. The zero-order valence-corrected chi connectivity index (χ0v) is 11.2. The van der Waals surface area contributed by atoms with Crippen LogP contribution in [0.1, 0.15) is 19.3 Å². The van der Waals surface area contributed by atoms with Gasteiger partial charge >= 0.3 is 0 Å². The van der Waals surface area contributed by atoms with E-state index in [2.05, 4.69) is 33.2 Å². The highest BCUT2D eigenvalue weighted by atomic mass is 127. The SMILES string of the molecule is O=C(Nc1cccc(I)c1)[C@@H]1CCCCN1. The van der Waals surface area contributed by atoms with Crippen LogP contribution in [0.4, 0.5) is 5.69 Å². The Hall–Kier alpha value is -0.620. The number of anilines is 1. The van der Waals surface area contributed by atoms with Gasteiger partial charge in [0.05, 0.1) is 6.04 Å². The number of halogens is 1. The van der Waals surface area contributed by atoms with Crippen LogP contribution < -0.4 is 10.6 Å². The first kappa shape index (κ1) is 11.9. The van der Waals surface area contributed by atoms with Crippen LogP contribution in [0.2, 0.25) is 0 Å². The summed E-state index contributed by atoms with van der Waals surface area (Å²) in [6.07, 6.45) is 3.25. The molecule has 0 unspecified atom stereocenters. The van der Waals surface area contributed by atoms with Crippen LogP contribution in [-0.4, -0.2) is 18.5 Å². The number of nitrogens with one attached hydrogen (secondary N) is 2. The minimum Gasteiger partial charge on any atom is -0.325 e. The third-order valence-corrected chi connectivity index (χ3v) is 3.39. The maximum atomic E-state index is 11.9. The monoisotopic (exact) mass is 330 g/mol. The minimum atomic E-state index is -0.0217. The molecule has 1 fully saturated rings. The second-order valence-electron chi connectivity index (χ2n) is 4.00. The Balaban J connectivity index is 1.96. The largest absolute Gasteiger partial charge is 0.325 e. The molecule has 1 aliphatic heterocycles. The van der Waals surface area contributed by atoms with Crippen molar-refractivity contribution in [2.45, 2.75) is 25.3 Å². The third kappa shape index (κ3) is 3.18. The minimum absolute atomic E-state index is 0.0217. The summed E-state index contributed by atoms with van der Waals surface area (Å²) in [5, 5.41) is 6.19. The molecule has 1 amide bonds. The predicted octanol–water partition coefficient (Wildman–Crippen LogP) is 2.37. The van der Waals surface area contributed by atoms with Crippen LogP contribution in [0.15, 0.2) is 24.3 Å². The van der Waals surface area contributed by atoms with Gasteiger partial charge < -0.3 is 10.6 Å². The van der Waals surface area contributed by atoms with Gasteiger partial charge in [0.25, 0.3) is 0 Å². The van der Waals surface area contributed by atoms with Crippen molar-refractivity contribution >= 4 is 34.2 Å². The van der Waals surface area contributed by atoms with Gasteiger partial charge in [0.15, 0.2) is 0 Å². The Morgan fingerprint density at radius 1 is 1.44 bits per heavy atom. The number of hydrogen-bond donors (Lipinski definition) is 2. The molecule has 3 nitrogen and oxygen atoms in total. The van der Waals surface area contributed by atoms with E-state index in [1.807, 2.05) is 24.3 Å². The van der Waals surface area contributed by atoms with E-state index in [4.69, 9.17) is 0 Å². The third-order valence-electron chi connectivity index (χ3n) is 2.72. The Morgan fingerprint density at radius 2 is 2.31 bits per heavy atom. The van der Waals surface area contributed by atoms with E-state index in [0.29, 0.717) is 0 Å². The zero-order valence-electron chi connectivity index (χ0n) is 9.00. The van der Waals surface area contributed by atoms with Crippen molar-refractivity contribution in [1.29, 1.82) is 0 Å². The molecule has 16 heavy (non-hydrogen) atoms. The van der Waals surface area contributed by atoms with Gasteiger partial charge in [-0.25, -0.2) is 0 Å². The van der Waals surface area contributed by atoms with Crippen molar-refractivity contribution < 1.29 is 4.79 Å². The molecule has 0 spiro atoms. The van der Waals surface area contributed by atoms with Crippen LogP contribution in [-0.2, 0) is 4.79 Å². The number of rotatable bonds is 2. The molecule has 4 heteroatoms. The zero-order chi connectivity index (χ0) is 11.4. The van der Waals surface area contributed by atoms with Gasteiger partial charge in [-0.1, -0.05) is 12.5 Å². The lowest BCUT2D eigenvalue weighted by molar-refractivity contribution is -0.118. The van der Waals surface area contributed by atoms with Crippen molar-refractivity contribution in [2.75, 3.05) is 11.9 Å². The number of carbonyl (C=O) groups excluding carboxylic acids is 1. The fraction of sp³-hybridized carbons (Fsp3) is 0.417. The quantitative estimate of drug-likeness (QED) is 0.818. The van der Waals surface area contributed by atoms with Crippen molar-refractivity contribution in [3.8, 4) is 0 Å². The molecule has 1 aromatic carbocycles. The topological polar surface area (TPSA) is 41.1 Å². The van der Waals surface area contributed by atoms with E-state index < -0.39 is 0 Å². The molecular weight excluding hydrogens is 315 g/mol. The van der Waals surface area contributed by atoms with Gasteiger partial charge in [0, 0.05) is 9.26 Å². The van der Waals surface area contributed by atoms with Gasteiger partial charge in [0.1, 0.15) is 0 Å². The van der Waals surface area contributed by atoms with Crippen molar-refractivity contribution in [2.24, 2.45) is 0 Å². The van der Waals surface area contributed by atoms with E-state index in [1.165, 1.54) is 6.42 Å². The van der Waals surface area contributed by atoms with Crippen molar-refractivity contribution in [1.82, 2.24) is 5.32 Å². The normalized spacial score (nSPS) is 20.4. The van der Waals surface area contributed by atoms with Crippen molar-refractivity contribution in [3.05, 3.63) is 27.8 Å². The van der Waals surface area contributed by atoms with Gasteiger partial charge in [-0.15, -0.1) is 0 Å². The van der Waals surface area contributed by atoms with Crippen LogP contribution in [0.3, 0.4) is 0 Å². The number of piperidine rings is 1.